The van der Waals surface area contributed by atoms with Gasteiger partial charge in [-0.15, -0.1) is 0 Å². The van der Waals surface area contributed by atoms with E-state index in [9.17, 15) is 0 Å². The predicted molar refractivity (Wildman–Crippen MR) is 106 cm³/mol. The van der Waals surface area contributed by atoms with E-state index in [1.165, 1.54) is 0 Å². The Bertz CT molecular complexity index is 646. The van der Waals surface area contributed by atoms with Gasteiger partial charge in [-0.1, -0.05) is 93.6 Å². The molecule has 1 aliphatic rings. The molecule has 0 radical (unpaired) electrons. The quantitative estimate of drug-likeness (QED) is 0.514. The van der Waals surface area contributed by atoms with Crippen LogP contribution in [0.3, 0.4) is 0 Å². The third-order valence-corrected chi connectivity index (χ3v) is 3.80. The molecule has 0 aromatic carbocycles. The number of hydrogen-bond acceptors (Lipinski definition) is 1. The maximum atomic E-state index is 3.66. The summed E-state index contributed by atoms with van der Waals surface area (Å²) < 4.78 is 0. The second-order valence-corrected chi connectivity index (χ2v) is 5.87. The van der Waals surface area contributed by atoms with Crippen LogP contribution in [0.4, 0.5) is 0 Å². The summed E-state index contributed by atoms with van der Waals surface area (Å²) in [5.74, 6) is 13.8. The van der Waals surface area contributed by atoms with Crippen molar-refractivity contribution in [2.45, 2.75) is 40.2 Å². The standard InChI is InChI=1S/C23H29N/c1-6-9-10-12-20(4)15-17-23(24(7-2)8-3)18-16-22-14-11-13-21(5)19-22/h6,9-12,14,19,21,23H,1,7-8,13H2,2-5H3/b10-9-,20-12+/t21-,23?/m0/s1. The Morgan fingerprint density at radius 2 is 2.08 bits per heavy atom. The fourth-order valence-corrected chi connectivity index (χ4v) is 2.38. The molecule has 1 nitrogen and oxygen atoms in total. The largest absolute Gasteiger partial charge is 0.280 e. The van der Waals surface area contributed by atoms with Crippen molar-refractivity contribution in [3.8, 4) is 23.7 Å². The monoisotopic (exact) mass is 319 g/mol. The lowest BCUT2D eigenvalue weighted by Gasteiger charge is -2.21. The molecule has 0 fully saturated rings. The Kier molecular flexibility index (Phi) is 9.36. The van der Waals surface area contributed by atoms with Crippen molar-refractivity contribution in [2.75, 3.05) is 13.1 Å². The van der Waals surface area contributed by atoms with E-state index in [1.54, 1.807) is 6.08 Å². The predicted octanol–water partition coefficient (Wildman–Crippen LogP) is 4.91. The van der Waals surface area contributed by atoms with E-state index in [0.717, 1.165) is 30.7 Å². The molecule has 0 N–H and O–H groups in total. The Hall–Kier alpha value is -2.22. The molecule has 1 heteroatoms. The van der Waals surface area contributed by atoms with Crippen molar-refractivity contribution >= 4 is 0 Å². The van der Waals surface area contributed by atoms with Gasteiger partial charge >= 0.3 is 0 Å². The van der Waals surface area contributed by atoms with Crippen LogP contribution in [0.15, 0.2) is 60.3 Å². The van der Waals surface area contributed by atoms with Crippen LogP contribution in [-0.4, -0.2) is 24.0 Å². The van der Waals surface area contributed by atoms with Gasteiger partial charge < -0.3 is 0 Å². The Morgan fingerprint density at radius 3 is 2.71 bits per heavy atom. The summed E-state index contributed by atoms with van der Waals surface area (Å²) in [6.07, 6.45) is 15.3. The minimum absolute atomic E-state index is 0.0433. The van der Waals surface area contributed by atoms with Crippen molar-refractivity contribution in [3.63, 3.8) is 0 Å². The smallest absolute Gasteiger partial charge is 0.134 e. The van der Waals surface area contributed by atoms with Crippen LogP contribution in [0.25, 0.3) is 0 Å². The average molecular weight is 319 g/mol. The van der Waals surface area contributed by atoms with Gasteiger partial charge in [0, 0.05) is 5.57 Å². The topological polar surface area (TPSA) is 3.24 Å². The normalized spacial score (nSPS) is 18.5. The van der Waals surface area contributed by atoms with Gasteiger partial charge in [0.1, 0.15) is 6.04 Å². The SMILES string of the molecule is C=C/C=C\C=C(/C)C#CC(C#CC1=C[C@@H](C)CC=C1)N(CC)CC. The molecule has 0 saturated carbocycles. The Labute approximate surface area is 148 Å². The maximum absolute atomic E-state index is 3.66. The lowest BCUT2D eigenvalue weighted by atomic mass is 9.98. The van der Waals surface area contributed by atoms with Crippen LogP contribution < -0.4 is 0 Å². The summed E-state index contributed by atoms with van der Waals surface area (Å²) >= 11 is 0. The molecular weight excluding hydrogens is 290 g/mol. The highest BCUT2D eigenvalue weighted by Gasteiger charge is 2.10. The second kappa shape index (κ2) is 11.3. The van der Waals surface area contributed by atoms with E-state index in [4.69, 9.17) is 0 Å². The van der Waals surface area contributed by atoms with Crippen LogP contribution in [-0.2, 0) is 0 Å². The van der Waals surface area contributed by atoms with E-state index in [0.29, 0.717) is 5.92 Å². The molecule has 0 aromatic heterocycles. The minimum atomic E-state index is -0.0433. The van der Waals surface area contributed by atoms with E-state index < -0.39 is 0 Å². The second-order valence-electron chi connectivity index (χ2n) is 5.87. The number of nitrogens with zero attached hydrogens (tertiary/aromatic N) is 1. The van der Waals surface area contributed by atoms with Crippen LogP contribution in [0.5, 0.6) is 0 Å². The molecule has 1 aliphatic carbocycles. The molecule has 0 saturated heterocycles. The highest BCUT2D eigenvalue weighted by Crippen LogP contribution is 2.15. The van der Waals surface area contributed by atoms with E-state index in [-0.39, 0.29) is 6.04 Å². The summed E-state index contributed by atoms with van der Waals surface area (Å²) in [6.45, 7) is 14.1. The van der Waals surface area contributed by atoms with Gasteiger partial charge in [-0.3, -0.25) is 4.90 Å². The van der Waals surface area contributed by atoms with Crippen LogP contribution >= 0.6 is 0 Å². The van der Waals surface area contributed by atoms with Crippen molar-refractivity contribution < 1.29 is 0 Å². The van der Waals surface area contributed by atoms with Crippen LogP contribution in [0.2, 0.25) is 0 Å². The van der Waals surface area contributed by atoms with Gasteiger partial charge in [-0.2, -0.15) is 0 Å². The molecule has 0 amide bonds. The molecule has 0 bridgehead atoms. The van der Waals surface area contributed by atoms with E-state index in [1.807, 2.05) is 25.2 Å². The van der Waals surface area contributed by atoms with Crippen molar-refractivity contribution in [1.29, 1.82) is 0 Å². The summed E-state index contributed by atoms with van der Waals surface area (Å²) in [4.78, 5) is 2.28. The average Bonchev–Trinajstić information content (AvgIpc) is 2.58. The molecule has 2 atom stereocenters. The Balaban J connectivity index is 2.98. The highest BCUT2D eigenvalue weighted by atomic mass is 15.1. The highest BCUT2D eigenvalue weighted by molar-refractivity contribution is 5.43. The minimum Gasteiger partial charge on any atom is -0.280 e. The van der Waals surface area contributed by atoms with Gasteiger partial charge in [0.2, 0.25) is 0 Å². The molecular formula is C23H29N. The summed E-state index contributed by atoms with van der Waals surface area (Å²) in [6, 6.07) is -0.0433. The van der Waals surface area contributed by atoms with Gasteiger partial charge in [0.05, 0.1) is 0 Å². The first kappa shape index (κ1) is 19.8. The fraction of sp³-hybridized carbons (Fsp3) is 0.391. The molecule has 1 unspecified atom stereocenters. The van der Waals surface area contributed by atoms with Crippen LogP contribution in [0, 0.1) is 29.6 Å². The third-order valence-electron chi connectivity index (χ3n) is 3.80. The first-order valence-corrected chi connectivity index (χ1v) is 8.72. The maximum Gasteiger partial charge on any atom is 0.134 e. The van der Waals surface area contributed by atoms with Crippen molar-refractivity contribution in [1.82, 2.24) is 4.90 Å². The van der Waals surface area contributed by atoms with Gasteiger partial charge in [0.25, 0.3) is 0 Å². The summed E-state index contributed by atoms with van der Waals surface area (Å²) in [5.41, 5.74) is 2.13. The first-order valence-electron chi connectivity index (χ1n) is 8.72. The number of allylic oxidation sites excluding steroid dienone is 9. The van der Waals surface area contributed by atoms with Crippen LogP contribution in [0.1, 0.15) is 34.1 Å². The zero-order valence-electron chi connectivity index (χ0n) is 15.5. The fourth-order valence-electron chi connectivity index (χ4n) is 2.38. The lowest BCUT2D eigenvalue weighted by Crippen LogP contribution is -2.33. The van der Waals surface area contributed by atoms with E-state index in [2.05, 4.69) is 74.2 Å². The zero-order valence-corrected chi connectivity index (χ0v) is 15.5. The molecule has 0 aliphatic heterocycles. The third kappa shape index (κ3) is 7.36. The molecule has 0 aromatic rings. The molecule has 0 heterocycles. The summed E-state index contributed by atoms with van der Waals surface area (Å²) in [7, 11) is 0. The number of rotatable bonds is 5. The molecule has 1 rings (SSSR count). The first-order chi connectivity index (χ1) is 11.6. The van der Waals surface area contributed by atoms with Crippen molar-refractivity contribution in [2.24, 2.45) is 5.92 Å². The summed E-state index contributed by atoms with van der Waals surface area (Å²) in [5, 5.41) is 0. The van der Waals surface area contributed by atoms with Gasteiger partial charge in [-0.25, -0.2) is 0 Å². The lowest BCUT2D eigenvalue weighted by molar-refractivity contribution is 0.301. The molecule has 126 valence electrons. The molecule has 24 heavy (non-hydrogen) atoms. The van der Waals surface area contributed by atoms with Crippen molar-refractivity contribution in [3.05, 3.63) is 60.3 Å². The van der Waals surface area contributed by atoms with E-state index >= 15 is 0 Å². The van der Waals surface area contributed by atoms with Gasteiger partial charge in [-0.05, 0) is 37.9 Å². The Morgan fingerprint density at radius 1 is 1.33 bits per heavy atom. The van der Waals surface area contributed by atoms with Gasteiger partial charge in [0.15, 0.2) is 0 Å². The molecule has 0 spiro atoms. The zero-order chi connectivity index (χ0) is 17.8. The number of hydrogen-bond donors (Lipinski definition) is 0.